The van der Waals surface area contributed by atoms with Crippen LogP contribution in [-0.4, -0.2) is 77.2 Å². The van der Waals surface area contributed by atoms with E-state index in [9.17, 15) is 54.2 Å². The molecule has 0 atom stereocenters. The number of hydrogen-bond donors (Lipinski definition) is 1. The zero-order valence-electron chi connectivity index (χ0n) is 18.1. The maximum atomic E-state index is 13.6. The molecule has 1 amide bonds. The van der Waals surface area contributed by atoms with E-state index in [1.54, 1.807) is 0 Å². The van der Waals surface area contributed by atoms with Crippen LogP contribution < -0.4 is 4.74 Å². The largest absolute Gasteiger partial charge is 0.478 e. The van der Waals surface area contributed by atoms with Gasteiger partial charge in [0.25, 0.3) is 6.10 Å². The number of carboxylic acids is 1. The molecule has 0 aromatic heterocycles. The van der Waals surface area contributed by atoms with Gasteiger partial charge < -0.3 is 19.5 Å². The molecule has 202 valence electrons. The molecule has 1 N–H and O–H groups in total. The Morgan fingerprint density at radius 1 is 0.944 bits per heavy atom. The summed E-state index contributed by atoms with van der Waals surface area (Å²) in [5.41, 5.74) is -3.13. The minimum Gasteiger partial charge on any atom is -0.478 e. The van der Waals surface area contributed by atoms with Gasteiger partial charge in [0.1, 0.15) is 5.75 Å². The Balaban J connectivity index is 1.71. The molecule has 36 heavy (non-hydrogen) atoms. The van der Waals surface area contributed by atoms with E-state index in [1.807, 2.05) is 0 Å². The lowest BCUT2D eigenvalue weighted by Gasteiger charge is -2.35. The van der Waals surface area contributed by atoms with Crippen LogP contribution in [0.25, 0.3) is 0 Å². The van der Waals surface area contributed by atoms with Gasteiger partial charge in [-0.3, -0.25) is 4.90 Å². The van der Waals surface area contributed by atoms with Gasteiger partial charge in [0.2, 0.25) is 5.60 Å². The van der Waals surface area contributed by atoms with Crippen LogP contribution in [0.1, 0.15) is 24.0 Å². The number of carbonyl (C=O) groups excluding carboxylic acids is 1. The van der Waals surface area contributed by atoms with Crippen molar-refractivity contribution in [1.82, 2.24) is 9.80 Å². The summed E-state index contributed by atoms with van der Waals surface area (Å²) in [7, 11) is 0. The van der Waals surface area contributed by atoms with Gasteiger partial charge in [-0.2, -0.15) is 39.5 Å². The van der Waals surface area contributed by atoms with Crippen molar-refractivity contribution in [2.75, 3.05) is 26.2 Å². The van der Waals surface area contributed by atoms with Crippen molar-refractivity contribution in [2.24, 2.45) is 0 Å². The van der Waals surface area contributed by atoms with E-state index in [0.29, 0.717) is 4.90 Å². The van der Waals surface area contributed by atoms with Gasteiger partial charge in [-0.1, -0.05) is 6.07 Å². The Labute approximate surface area is 197 Å². The Morgan fingerprint density at radius 2 is 1.50 bits per heavy atom. The zero-order valence-corrected chi connectivity index (χ0v) is 18.1. The van der Waals surface area contributed by atoms with E-state index in [-0.39, 0.29) is 37.2 Å². The highest BCUT2D eigenvalue weighted by atomic mass is 19.4. The second kappa shape index (κ2) is 9.52. The Kier molecular flexibility index (Phi) is 7.32. The summed E-state index contributed by atoms with van der Waals surface area (Å²) >= 11 is 0. The molecule has 0 unspecified atom stereocenters. The Hall–Kier alpha value is -2.91. The van der Waals surface area contributed by atoms with Gasteiger partial charge in [0.15, 0.2) is 0 Å². The summed E-state index contributed by atoms with van der Waals surface area (Å²) in [4.78, 5) is 25.3. The van der Waals surface area contributed by atoms with Crippen molar-refractivity contribution in [1.29, 1.82) is 0 Å². The second-order valence-corrected chi connectivity index (χ2v) is 8.29. The average Bonchev–Trinajstić information content (AvgIpc) is 3.52. The molecule has 1 aromatic carbocycles. The van der Waals surface area contributed by atoms with Crippen LogP contribution in [0.2, 0.25) is 0 Å². The number of ether oxygens (including phenoxy) is 2. The SMILES string of the molecule is O=C(OC(C(F)(F)F)C(F)(F)F)N1CCN(Cc2c(OC3(C(=O)O)CC3)cccc2C(F)(F)F)CC1. The summed E-state index contributed by atoms with van der Waals surface area (Å²) in [5.74, 6) is -1.65. The maximum absolute atomic E-state index is 13.6. The van der Waals surface area contributed by atoms with E-state index >= 15 is 0 Å². The number of amides is 1. The molecular weight excluding hydrogens is 519 g/mol. The average molecular weight is 538 g/mol. The number of nitrogens with zero attached hydrogens (tertiary/aromatic N) is 2. The van der Waals surface area contributed by atoms with Crippen molar-refractivity contribution in [3.63, 3.8) is 0 Å². The molecule has 0 radical (unpaired) electrons. The highest BCUT2D eigenvalue weighted by Gasteiger charge is 2.60. The third-order valence-electron chi connectivity index (χ3n) is 5.66. The molecule has 1 heterocycles. The third kappa shape index (κ3) is 6.25. The monoisotopic (exact) mass is 538 g/mol. The van der Waals surface area contributed by atoms with Gasteiger partial charge in [0.05, 0.1) is 5.56 Å². The van der Waals surface area contributed by atoms with Crippen LogP contribution >= 0.6 is 0 Å². The smallest absolute Gasteiger partial charge is 0.434 e. The number of halogens is 9. The lowest BCUT2D eigenvalue weighted by Crippen LogP contribution is -2.52. The number of alkyl halides is 9. The highest BCUT2D eigenvalue weighted by molar-refractivity contribution is 5.81. The number of carbonyl (C=O) groups is 2. The fourth-order valence-electron chi connectivity index (χ4n) is 3.58. The Bertz CT molecular complexity index is 967. The molecule has 3 rings (SSSR count). The van der Waals surface area contributed by atoms with Gasteiger partial charge in [-0.25, -0.2) is 9.59 Å². The molecule has 1 saturated carbocycles. The lowest BCUT2D eigenvalue weighted by atomic mass is 10.0. The van der Waals surface area contributed by atoms with Crippen LogP contribution in [0, 0.1) is 0 Å². The first-order chi connectivity index (χ1) is 16.4. The maximum Gasteiger partial charge on any atom is 0.434 e. The number of rotatable bonds is 6. The molecule has 1 aliphatic heterocycles. The second-order valence-electron chi connectivity index (χ2n) is 8.29. The summed E-state index contributed by atoms with van der Waals surface area (Å²) in [6, 6.07) is 2.99. The summed E-state index contributed by atoms with van der Waals surface area (Å²) in [5, 5.41) is 9.30. The van der Waals surface area contributed by atoms with E-state index in [4.69, 9.17) is 4.74 Å². The Morgan fingerprint density at radius 3 is 1.94 bits per heavy atom. The van der Waals surface area contributed by atoms with Gasteiger partial charge in [0, 0.05) is 51.1 Å². The standard InChI is InChI=1S/C20H19F9N2O5/c21-18(22,23)12-2-1-3-13(36-17(4-5-17)15(32)33)11(12)10-30-6-8-31(9-7-30)16(34)35-14(19(24,25)26)20(27,28)29/h1-3,14H,4-10H2,(H,32,33). The van der Waals surface area contributed by atoms with Crippen LogP contribution in [0.3, 0.4) is 0 Å². The molecule has 0 bridgehead atoms. The molecular formula is C20H19F9N2O5. The molecule has 7 nitrogen and oxygen atoms in total. The molecule has 0 spiro atoms. The molecule has 2 fully saturated rings. The number of aliphatic carboxylic acids is 1. The minimum absolute atomic E-state index is 0.0929. The molecule has 16 heteroatoms. The number of benzene rings is 1. The number of piperazine rings is 1. The van der Waals surface area contributed by atoms with Crippen molar-refractivity contribution >= 4 is 12.1 Å². The van der Waals surface area contributed by atoms with Gasteiger partial charge >= 0.3 is 30.6 Å². The van der Waals surface area contributed by atoms with Crippen LogP contribution in [0.4, 0.5) is 44.3 Å². The predicted molar refractivity (Wildman–Crippen MR) is 101 cm³/mol. The van der Waals surface area contributed by atoms with Crippen LogP contribution in [-0.2, 0) is 22.3 Å². The summed E-state index contributed by atoms with van der Waals surface area (Å²) < 4.78 is 126. The van der Waals surface area contributed by atoms with E-state index in [0.717, 1.165) is 12.1 Å². The first-order valence-corrected chi connectivity index (χ1v) is 10.4. The molecule has 1 aromatic rings. The molecule has 1 aliphatic carbocycles. The first kappa shape index (κ1) is 27.7. The molecule has 1 saturated heterocycles. The van der Waals surface area contributed by atoms with E-state index < -0.39 is 67.5 Å². The topological polar surface area (TPSA) is 79.3 Å². The minimum atomic E-state index is -5.89. The van der Waals surface area contributed by atoms with Crippen molar-refractivity contribution < 1.29 is 63.7 Å². The third-order valence-corrected chi connectivity index (χ3v) is 5.66. The van der Waals surface area contributed by atoms with Gasteiger partial charge in [-0.15, -0.1) is 0 Å². The number of carboxylic acid groups (broad SMARTS) is 1. The van der Waals surface area contributed by atoms with Crippen LogP contribution in [0.5, 0.6) is 5.75 Å². The predicted octanol–water partition coefficient (Wildman–Crippen LogP) is 4.45. The summed E-state index contributed by atoms with van der Waals surface area (Å²) in [6.07, 6.45) is -22.6. The van der Waals surface area contributed by atoms with Crippen molar-refractivity contribution in [2.45, 2.75) is 49.6 Å². The van der Waals surface area contributed by atoms with Gasteiger partial charge in [-0.05, 0) is 12.1 Å². The highest BCUT2D eigenvalue weighted by Crippen LogP contribution is 2.44. The normalized spacial score (nSPS) is 18.8. The lowest BCUT2D eigenvalue weighted by molar-refractivity contribution is -0.308. The zero-order chi connectivity index (χ0) is 27.1. The number of hydrogen-bond acceptors (Lipinski definition) is 5. The fraction of sp³-hybridized carbons (Fsp3) is 0.600. The van der Waals surface area contributed by atoms with E-state index in [2.05, 4.69) is 4.74 Å². The van der Waals surface area contributed by atoms with Crippen molar-refractivity contribution in [3.05, 3.63) is 29.3 Å². The van der Waals surface area contributed by atoms with Crippen LogP contribution in [0.15, 0.2) is 18.2 Å². The van der Waals surface area contributed by atoms with Crippen molar-refractivity contribution in [3.8, 4) is 5.75 Å². The van der Waals surface area contributed by atoms with E-state index in [1.165, 1.54) is 11.0 Å². The quantitative estimate of drug-likeness (QED) is 0.540. The summed E-state index contributed by atoms with van der Waals surface area (Å²) in [6.45, 7) is -1.71. The first-order valence-electron chi connectivity index (χ1n) is 10.4. The fourth-order valence-corrected chi connectivity index (χ4v) is 3.58. The molecule has 2 aliphatic rings.